The Kier molecular flexibility index (Phi) is 10.3. The molecule has 1 unspecified atom stereocenters. The van der Waals surface area contributed by atoms with Crippen molar-refractivity contribution in [3.63, 3.8) is 0 Å². The van der Waals surface area contributed by atoms with Crippen molar-refractivity contribution in [1.29, 1.82) is 0 Å². The van der Waals surface area contributed by atoms with Crippen molar-refractivity contribution in [1.82, 2.24) is 15.5 Å². The molecule has 0 aliphatic rings. The standard InChI is InChI=1S/C17H27N3O2.ClH/c1-13(2)12-15(21)19-16(14-8-6-5-7-9-14)17(22)20(4)11-10-18-3;/h5-9,13,16,18H,10-12H2,1-4H3,(H,19,21);1H. The first-order valence-electron chi connectivity index (χ1n) is 7.69. The summed E-state index contributed by atoms with van der Waals surface area (Å²) in [6.07, 6.45) is 0.414. The molecule has 1 aromatic rings. The number of rotatable bonds is 8. The van der Waals surface area contributed by atoms with Crippen LogP contribution in [0.15, 0.2) is 30.3 Å². The molecule has 6 heteroatoms. The molecule has 0 aliphatic heterocycles. The Morgan fingerprint density at radius 1 is 1.17 bits per heavy atom. The van der Waals surface area contributed by atoms with Gasteiger partial charge in [-0.3, -0.25) is 9.59 Å². The molecule has 1 aromatic carbocycles. The summed E-state index contributed by atoms with van der Waals surface area (Å²) in [5, 5.41) is 5.89. The van der Waals surface area contributed by atoms with Crippen molar-refractivity contribution in [2.75, 3.05) is 27.2 Å². The first-order chi connectivity index (χ1) is 10.5. The van der Waals surface area contributed by atoms with Crippen LogP contribution >= 0.6 is 12.4 Å². The van der Waals surface area contributed by atoms with Gasteiger partial charge in [0.05, 0.1) is 0 Å². The molecule has 0 spiro atoms. The summed E-state index contributed by atoms with van der Waals surface area (Å²) >= 11 is 0. The first kappa shape index (κ1) is 21.4. The molecule has 1 atom stereocenters. The van der Waals surface area contributed by atoms with Crippen LogP contribution in [0.5, 0.6) is 0 Å². The van der Waals surface area contributed by atoms with E-state index in [0.29, 0.717) is 19.5 Å². The highest BCUT2D eigenvalue weighted by molar-refractivity contribution is 5.88. The van der Waals surface area contributed by atoms with Gasteiger partial charge < -0.3 is 15.5 Å². The Morgan fingerprint density at radius 3 is 2.30 bits per heavy atom. The van der Waals surface area contributed by atoms with Gasteiger partial charge in [-0.15, -0.1) is 12.4 Å². The van der Waals surface area contributed by atoms with E-state index in [1.165, 1.54) is 0 Å². The quantitative estimate of drug-likeness (QED) is 0.760. The Labute approximate surface area is 145 Å². The molecule has 0 heterocycles. The van der Waals surface area contributed by atoms with Crippen molar-refractivity contribution < 1.29 is 9.59 Å². The van der Waals surface area contributed by atoms with E-state index >= 15 is 0 Å². The number of halogens is 1. The lowest BCUT2D eigenvalue weighted by atomic mass is 10.0. The molecule has 2 N–H and O–H groups in total. The second-order valence-corrected chi connectivity index (χ2v) is 5.87. The van der Waals surface area contributed by atoms with Crippen LogP contribution in [0.2, 0.25) is 0 Å². The smallest absolute Gasteiger partial charge is 0.249 e. The number of carbonyl (C=O) groups excluding carboxylic acids is 2. The largest absolute Gasteiger partial charge is 0.342 e. The van der Waals surface area contributed by atoms with Crippen molar-refractivity contribution in [3.05, 3.63) is 35.9 Å². The third kappa shape index (κ3) is 7.48. The summed E-state index contributed by atoms with van der Waals surface area (Å²) in [6.45, 7) is 5.28. The minimum atomic E-state index is -0.630. The summed E-state index contributed by atoms with van der Waals surface area (Å²) < 4.78 is 0. The van der Waals surface area contributed by atoms with Gasteiger partial charge in [-0.1, -0.05) is 44.2 Å². The number of carbonyl (C=O) groups is 2. The molecule has 1 rings (SSSR count). The first-order valence-corrected chi connectivity index (χ1v) is 7.69. The fourth-order valence-corrected chi connectivity index (χ4v) is 2.13. The van der Waals surface area contributed by atoms with Crippen LogP contribution in [-0.4, -0.2) is 43.9 Å². The average Bonchev–Trinajstić information content (AvgIpc) is 2.49. The van der Waals surface area contributed by atoms with E-state index in [9.17, 15) is 9.59 Å². The van der Waals surface area contributed by atoms with E-state index in [-0.39, 0.29) is 30.1 Å². The van der Waals surface area contributed by atoms with E-state index in [1.54, 1.807) is 11.9 Å². The van der Waals surface area contributed by atoms with E-state index in [0.717, 1.165) is 5.56 Å². The van der Waals surface area contributed by atoms with Crippen LogP contribution in [0.3, 0.4) is 0 Å². The highest BCUT2D eigenvalue weighted by Crippen LogP contribution is 2.16. The number of nitrogens with zero attached hydrogens (tertiary/aromatic N) is 1. The Hall–Kier alpha value is -1.59. The number of hydrogen-bond acceptors (Lipinski definition) is 3. The molecular weight excluding hydrogens is 314 g/mol. The highest BCUT2D eigenvalue weighted by Gasteiger charge is 2.25. The van der Waals surface area contributed by atoms with E-state index < -0.39 is 6.04 Å². The maximum absolute atomic E-state index is 12.7. The van der Waals surface area contributed by atoms with Gasteiger partial charge in [-0.25, -0.2) is 0 Å². The average molecular weight is 342 g/mol. The maximum Gasteiger partial charge on any atom is 0.249 e. The van der Waals surface area contributed by atoms with Gasteiger partial charge in [0.2, 0.25) is 11.8 Å². The molecule has 2 amide bonds. The van der Waals surface area contributed by atoms with Crippen LogP contribution in [0, 0.1) is 5.92 Å². The molecule has 130 valence electrons. The lowest BCUT2D eigenvalue weighted by Crippen LogP contribution is -2.43. The summed E-state index contributed by atoms with van der Waals surface area (Å²) in [7, 11) is 3.60. The van der Waals surface area contributed by atoms with Gasteiger partial charge in [0.1, 0.15) is 6.04 Å². The number of benzene rings is 1. The van der Waals surface area contributed by atoms with Gasteiger partial charge in [0.15, 0.2) is 0 Å². The third-order valence-electron chi connectivity index (χ3n) is 3.35. The fraction of sp³-hybridized carbons (Fsp3) is 0.529. The zero-order chi connectivity index (χ0) is 16.5. The second-order valence-electron chi connectivity index (χ2n) is 5.87. The second kappa shape index (κ2) is 11.0. The summed E-state index contributed by atoms with van der Waals surface area (Å²) in [4.78, 5) is 26.4. The molecule has 0 saturated carbocycles. The zero-order valence-electron chi connectivity index (χ0n) is 14.3. The lowest BCUT2D eigenvalue weighted by Gasteiger charge is -2.25. The SMILES string of the molecule is CNCCN(C)C(=O)C(NC(=O)CC(C)C)c1ccccc1.Cl. The molecule has 0 radical (unpaired) electrons. The Balaban J connectivity index is 0.00000484. The number of nitrogens with one attached hydrogen (secondary N) is 2. The molecule has 0 saturated heterocycles. The van der Waals surface area contributed by atoms with Gasteiger partial charge >= 0.3 is 0 Å². The van der Waals surface area contributed by atoms with Gasteiger partial charge in [-0.05, 0) is 18.5 Å². The van der Waals surface area contributed by atoms with Gasteiger partial charge in [0, 0.05) is 26.6 Å². The van der Waals surface area contributed by atoms with Crippen molar-refractivity contribution in [2.45, 2.75) is 26.3 Å². The van der Waals surface area contributed by atoms with E-state index in [2.05, 4.69) is 10.6 Å². The molecule has 23 heavy (non-hydrogen) atoms. The van der Waals surface area contributed by atoms with Crippen LogP contribution in [0.25, 0.3) is 0 Å². The van der Waals surface area contributed by atoms with Crippen molar-refractivity contribution in [3.8, 4) is 0 Å². The molecule has 0 bridgehead atoms. The minimum Gasteiger partial charge on any atom is -0.342 e. The van der Waals surface area contributed by atoms with Crippen LogP contribution in [0.4, 0.5) is 0 Å². The van der Waals surface area contributed by atoms with Crippen LogP contribution < -0.4 is 10.6 Å². The van der Waals surface area contributed by atoms with Crippen LogP contribution in [0.1, 0.15) is 31.9 Å². The monoisotopic (exact) mass is 341 g/mol. The van der Waals surface area contributed by atoms with E-state index in [4.69, 9.17) is 0 Å². The summed E-state index contributed by atoms with van der Waals surface area (Å²) in [6, 6.07) is 8.74. The molecular formula is C17H28ClN3O2. The Bertz CT molecular complexity index is 480. The summed E-state index contributed by atoms with van der Waals surface area (Å²) in [5.74, 6) is 0.0614. The van der Waals surface area contributed by atoms with E-state index in [1.807, 2.05) is 51.2 Å². The third-order valence-corrected chi connectivity index (χ3v) is 3.35. The topological polar surface area (TPSA) is 61.4 Å². The number of likely N-dealkylation sites (N-methyl/N-ethyl adjacent to an activating group) is 2. The van der Waals surface area contributed by atoms with Crippen molar-refractivity contribution in [2.24, 2.45) is 5.92 Å². The zero-order valence-corrected chi connectivity index (χ0v) is 15.2. The summed E-state index contributed by atoms with van der Waals surface area (Å²) in [5.41, 5.74) is 0.806. The van der Waals surface area contributed by atoms with Gasteiger partial charge in [0.25, 0.3) is 0 Å². The fourth-order valence-electron chi connectivity index (χ4n) is 2.13. The Morgan fingerprint density at radius 2 is 1.78 bits per heavy atom. The molecule has 5 nitrogen and oxygen atoms in total. The lowest BCUT2D eigenvalue weighted by molar-refractivity contribution is -0.135. The predicted molar refractivity (Wildman–Crippen MR) is 95.6 cm³/mol. The normalized spacial score (nSPS) is 11.5. The number of amides is 2. The molecule has 0 aromatic heterocycles. The predicted octanol–water partition coefficient (Wildman–Crippen LogP) is 1.99. The number of hydrogen-bond donors (Lipinski definition) is 2. The minimum absolute atomic E-state index is 0. The maximum atomic E-state index is 12.7. The van der Waals surface area contributed by atoms with Gasteiger partial charge in [-0.2, -0.15) is 0 Å². The van der Waals surface area contributed by atoms with Crippen molar-refractivity contribution >= 4 is 24.2 Å². The molecule has 0 fully saturated rings. The van der Waals surface area contributed by atoms with Crippen LogP contribution in [-0.2, 0) is 9.59 Å². The molecule has 0 aliphatic carbocycles. The highest BCUT2D eigenvalue weighted by atomic mass is 35.5.